The lowest BCUT2D eigenvalue weighted by molar-refractivity contribution is -0.134. The topological polar surface area (TPSA) is 156 Å². The lowest BCUT2D eigenvalue weighted by Gasteiger charge is -2.41. The lowest BCUT2D eigenvalue weighted by atomic mass is 9.71. The number of rotatable bonds is 10. The van der Waals surface area contributed by atoms with Crippen LogP contribution in [-0.4, -0.2) is 43.7 Å². The lowest BCUT2D eigenvalue weighted by Crippen LogP contribution is -2.43. The Hall–Kier alpha value is -3.47. The van der Waals surface area contributed by atoms with Gasteiger partial charge in [-0.1, -0.05) is 45.0 Å². The molecule has 11 heteroatoms. The molecule has 2 amide bonds. The van der Waals surface area contributed by atoms with Crippen LogP contribution in [0.5, 0.6) is 0 Å². The van der Waals surface area contributed by atoms with Gasteiger partial charge in [0.15, 0.2) is 9.84 Å². The largest absolute Gasteiger partial charge is 0.335 e. The molecule has 1 fully saturated rings. The van der Waals surface area contributed by atoms with E-state index < -0.39 is 22.0 Å². The highest BCUT2D eigenvalue weighted by Gasteiger charge is 2.33. The third-order valence-corrected chi connectivity index (χ3v) is 8.59. The van der Waals surface area contributed by atoms with Crippen LogP contribution in [0.1, 0.15) is 67.9 Å². The Morgan fingerprint density at radius 1 is 0.949 bits per heavy atom. The second-order valence-electron chi connectivity index (χ2n) is 11.3. The molecule has 10 nitrogen and oxygen atoms in total. The third-order valence-electron chi connectivity index (χ3n) is 7.46. The van der Waals surface area contributed by atoms with E-state index in [1.807, 2.05) is 4.90 Å². The Morgan fingerprint density at radius 2 is 1.49 bits per heavy atom. The van der Waals surface area contributed by atoms with Crippen LogP contribution in [0, 0.1) is 22.4 Å². The summed E-state index contributed by atoms with van der Waals surface area (Å²) in [5, 5.41) is 8.49. The molecule has 210 valence electrons. The second kappa shape index (κ2) is 12.6. The molecular weight excluding hydrogens is 516 g/mol. The normalized spacial score (nSPS) is 18.6. The summed E-state index contributed by atoms with van der Waals surface area (Å²) in [5.41, 5.74) is 16.1. The van der Waals surface area contributed by atoms with E-state index in [1.165, 1.54) is 12.1 Å². The molecule has 2 aromatic carbocycles. The monoisotopic (exact) mass is 554 g/mol. The van der Waals surface area contributed by atoms with Gasteiger partial charge in [-0.05, 0) is 72.4 Å². The van der Waals surface area contributed by atoms with Gasteiger partial charge in [0.2, 0.25) is 5.91 Å². The predicted octanol–water partition coefficient (Wildman–Crippen LogP) is 5.34. The van der Waals surface area contributed by atoms with E-state index in [1.54, 1.807) is 36.4 Å². The summed E-state index contributed by atoms with van der Waals surface area (Å²) in [6.07, 6.45) is 3.99. The number of hydrogen-bond donors (Lipinski definition) is 3. The molecule has 1 saturated carbocycles. The minimum atomic E-state index is -3.31. The zero-order valence-corrected chi connectivity index (χ0v) is 23.8. The van der Waals surface area contributed by atoms with E-state index >= 15 is 0 Å². The van der Waals surface area contributed by atoms with Crippen LogP contribution in [0.2, 0.25) is 0 Å². The Kier molecular flexibility index (Phi) is 9.71. The summed E-state index contributed by atoms with van der Waals surface area (Å²) >= 11 is 0. The standard InChI is InChI=1S/C28H38N6O4S/c1-28(2,3)22-11-13-23(14-12-22)34(25(35)17-19-7-15-24(16-8-19)39(4,37)38)18-20-5-9-21(10-6-20)26(36)31-27(32-29)33-30/h5-10,15-16,22-23,27,29-30H,11-14,17-18H2,1-4H3,(H,31,36). The first-order valence-electron chi connectivity index (χ1n) is 13.0. The third kappa shape index (κ3) is 8.26. The smallest absolute Gasteiger partial charge is 0.254 e. The molecule has 0 atom stereocenters. The van der Waals surface area contributed by atoms with E-state index in [9.17, 15) is 18.0 Å². The molecule has 0 radical (unpaired) electrons. The summed E-state index contributed by atoms with van der Waals surface area (Å²) in [4.78, 5) is 28.1. The minimum Gasteiger partial charge on any atom is -0.335 e. The maximum Gasteiger partial charge on any atom is 0.254 e. The van der Waals surface area contributed by atoms with Crippen molar-refractivity contribution in [1.29, 1.82) is 11.1 Å². The fraction of sp³-hybridized carbons (Fsp3) is 0.500. The van der Waals surface area contributed by atoms with Gasteiger partial charge in [0.05, 0.1) is 11.3 Å². The van der Waals surface area contributed by atoms with E-state index in [4.69, 9.17) is 11.1 Å². The SMILES string of the molecule is CC(C)(C)C1CCC(N(Cc2ccc(C(=O)NC(N=N)N=N)cc2)C(=O)Cc2ccc(S(C)(=O)=O)cc2)CC1. The summed E-state index contributed by atoms with van der Waals surface area (Å²) in [6.45, 7) is 7.17. The van der Waals surface area contributed by atoms with Crippen LogP contribution >= 0.6 is 0 Å². The van der Waals surface area contributed by atoms with Gasteiger partial charge in [0.25, 0.3) is 12.2 Å². The van der Waals surface area contributed by atoms with E-state index in [-0.39, 0.29) is 28.7 Å². The first-order chi connectivity index (χ1) is 18.3. The fourth-order valence-corrected chi connectivity index (χ4v) is 5.69. The highest BCUT2D eigenvalue weighted by Crippen LogP contribution is 2.39. The maximum atomic E-state index is 13.6. The summed E-state index contributed by atoms with van der Waals surface area (Å²) < 4.78 is 23.6. The Balaban J connectivity index is 1.78. The average molecular weight is 555 g/mol. The molecule has 1 aliphatic rings. The van der Waals surface area contributed by atoms with Crippen molar-refractivity contribution in [1.82, 2.24) is 10.2 Å². The molecule has 2 aromatic rings. The summed E-state index contributed by atoms with van der Waals surface area (Å²) in [7, 11) is -3.31. The zero-order valence-electron chi connectivity index (χ0n) is 23.0. The molecule has 0 unspecified atom stereocenters. The molecule has 3 N–H and O–H groups in total. The van der Waals surface area contributed by atoms with Gasteiger partial charge in [-0.25, -0.2) is 19.5 Å². The van der Waals surface area contributed by atoms with E-state index in [0.29, 0.717) is 18.0 Å². The summed E-state index contributed by atoms with van der Waals surface area (Å²) in [6, 6.07) is 13.4. The first-order valence-corrected chi connectivity index (χ1v) is 14.9. The average Bonchev–Trinajstić information content (AvgIpc) is 2.90. The first kappa shape index (κ1) is 30.1. The molecule has 0 saturated heterocycles. The number of benzene rings is 2. The Morgan fingerprint density at radius 3 is 1.97 bits per heavy atom. The molecule has 0 aromatic heterocycles. The Bertz CT molecular complexity index is 1270. The van der Waals surface area contributed by atoms with Crippen molar-refractivity contribution in [2.24, 2.45) is 21.6 Å². The highest BCUT2D eigenvalue weighted by atomic mass is 32.2. The number of nitrogens with one attached hydrogen (secondary N) is 3. The van der Waals surface area contributed by atoms with Gasteiger partial charge in [-0.15, -0.1) is 10.2 Å². The molecule has 0 bridgehead atoms. The van der Waals surface area contributed by atoms with Crippen molar-refractivity contribution < 1.29 is 18.0 Å². The van der Waals surface area contributed by atoms with Crippen LogP contribution in [0.15, 0.2) is 63.7 Å². The molecular formula is C28H38N6O4S. The van der Waals surface area contributed by atoms with Crippen molar-refractivity contribution >= 4 is 21.7 Å². The number of amides is 2. The zero-order chi connectivity index (χ0) is 28.8. The van der Waals surface area contributed by atoms with E-state index in [2.05, 4.69) is 36.3 Å². The van der Waals surface area contributed by atoms with Gasteiger partial charge < -0.3 is 10.2 Å². The molecule has 0 spiro atoms. The van der Waals surface area contributed by atoms with E-state index in [0.717, 1.165) is 43.1 Å². The van der Waals surface area contributed by atoms with Crippen molar-refractivity contribution in [2.45, 2.75) is 76.6 Å². The number of carbonyl (C=O) groups excluding carboxylic acids is 2. The molecule has 0 aliphatic heterocycles. The molecule has 1 aliphatic carbocycles. The van der Waals surface area contributed by atoms with Gasteiger partial charge in [-0.2, -0.15) is 0 Å². The minimum absolute atomic E-state index is 0.0277. The fourth-order valence-electron chi connectivity index (χ4n) is 5.06. The van der Waals surface area contributed by atoms with Crippen molar-refractivity contribution in [3.63, 3.8) is 0 Å². The van der Waals surface area contributed by atoms with Gasteiger partial charge in [-0.3, -0.25) is 9.59 Å². The molecule has 0 heterocycles. The molecule has 3 rings (SSSR count). The van der Waals surface area contributed by atoms with Gasteiger partial charge in [0.1, 0.15) is 0 Å². The van der Waals surface area contributed by atoms with Crippen LogP contribution in [0.25, 0.3) is 0 Å². The highest BCUT2D eigenvalue weighted by molar-refractivity contribution is 7.90. The maximum absolute atomic E-state index is 13.6. The van der Waals surface area contributed by atoms with Gasteiger partial charge >= 0.3 is 0 Å². The van der Waals surface area contributed by atoms with Crippen molar-refractivity contribution in [3.8, 4) is 0 Å². The van der Waals surface area contributed by atoms with Crippen LogP contribution < -0.4 is 5.32 Å². The van der Waals surface area contributed by atoms with Crippen molar-refractivity contribution in [3.05, 3.63) is 65.2 Å². The molecule has 39 heavy (non-hydrogen) atoms. The second-order valence-corrected chi connectivity index (χ2v) is 13.3. The van der Waals surface area contributed by atoms with Crippen LogP contribution in [0.3, 0.4) is 0 Å². The van der Waals surface area contributed by atoms with Crippen molar-refractivity contribution in [2.75, 3.05) is 6.26 Å². The van der Waals surface area contributed by atoms with Crippen LogP contribution in [-0.2, 0) is 27.6 Å². The predicted molar refractivity (Wildman–Crippen MR) is 147 cm³/mol. The number of hydrogen-bond acceptors (Lipinski definition) is 8. The number of nitrogens with zero attached hydrogens (tertiary/aromatic N) is 3. The Labute approximate surface area is 230 Å². The summed E-state index contributed by atoms with van der Waals surface area (Å²) in [5.74, 6) is 0.0754. The van der Waals surface area contributed by atoms with Crippen LogP contribution in [0.4, 0.5) is 0 Å². The number of sulfone groups is 1. The number of carbonyl (C=O) groups is 2. The van der Waals surface area contributed by atoms with Gasteiger partial charge in [0, 0.05) is 24.4 Å². The quantitative estimate of drug-likeness (QED) is 0.339.